The molecule has 2 aliphatic rings. The monoisotopic (exact) mass is 422 g/mol. The van der Waals surface area contributed by atoms with E-state index in [9.17, 15) is 14.4 Å². The van der Waals surface area contributed by atoms with Crippen molar-refractivity contribution < 1.29 is 23.9 Å². The number of hydrogen-bond donors (Lipinski definition) is 1. The van der Waals surface area contributed by atoms with Gasteiger partial charge in [0, 0.05) is 18.5 Å². The minimum atomic E-state index is -1.22. The second kappa shape index (κ2) is 7.72. The molecule has 7 nitrogen and oxygen atoms in total. The summed E-state index contributed by atoms with van der Waals surface area (Å²) in [6.07, 6.45) is 0.397. The number of amides is 2. The van der Waals surface area contributed by atoms with Crippen molar-refractivity contribution in [1.29, 1.82) is 0 Å². The number of carbonyl (C=O) groups is 3. The Morgan fingerprint density at radius 3 is 2.39 bits per heavy atom. The molecule has 7 heteroatoms. The third-order valence-electron chi connectivity index (χ3n) is 5.93. The van der Waals surface area contributed by atoms with Gasteiger partial charge >= 0.3 is 12.1 Å². The smallest absolute Gasteiger partial charge is 0.414 e. The number of hydrogen-bond acceptors (Lipinski definition) is 5. The normalized spacial score (nSPS) is 19.3. The maximum atomic E-state index is 12.9. The Labute approximate surface area is 181 Å². The van der Waals surface area contributed by atoms with Crippen LogP contribution < -0.4 is 10.6 Å². The highest BCUT2D eigenvalue weighted by Gasteiger charge is 2.53. The van der Waals surface area contributed by atoms with E-state index in [1.54, 1.807) is 17.0 Å². The van der Waals surface area contributed by atoms with Crippen LogP contribution in [0.4, 0.5) is 10.5 Å². The maximum absolute atomic E-state index is 12.9. The fourth-order valence-electron chi connectivity index (χ4n) is 3.75. The zero-order valence-electron chi connectivity index (χ0n) is 17.9. The summed E-state index contributed by atoms with van der Waals surface area (Å²) >= 11 is 0. The second-order valence-electron chi connectivity index (χ2n) is 8.64. The minimum absolute atomic E-state index is 0.148. The van der Waals surface area contributed by atoms with Crippen molar-refractivity contribution in [2.75, 3.05) is 11.5 Å². The SMILES string of the molecule is Cc1ccc(-c2cc(C(=O)OC3(C(N)=O)CC3)cc(N3C(=O)OCC3C(C)C)c2)cc1. The summed E-state index contributed by atoms with van der Waals surface area (Å²) in [6, 6.07) is 12.9. The van der Waals surface area contributed by atoms with Gasteiger partial charge in [0.15, 0.2) is 5.60 Å². The van der Waals surface area contributed by atoms with Crippen molar-refractivity contribution in [2.24, 2.45) is 11.7 Å². The molecular weight excluding hydrogens is 396 g/mol. The number of esters is 1. The Kier molecular flexibility index (Phi) is 5.21. The fraction of sp³-hybridized carbons (Fsp3) is 0.375. The van der Waals surface area contributed by atoms with Crippen LogP contribution >= 0.6 is 0 Å². The minimum Gasteiger partial charge on any atom is -0.447 e. The molecule has 2 fully saturated rings. The molecular formula is C24H26N2O5. The van der Waals surface area contributed by atoms with Crippen LogP contribution in [-0.4, -0.2) is 36.2 Å². The highest BCUT2D eigenvalue weighted by Crippen LogP contribution is 2.40. The molecule has 1 saturated heterocycles. The van der Waals surface area contributed by atoms with Crippen LogP contribution in [0.3, 0.4) is 0 Å². The molecule has 0 aromatic heterocycles. The summed E-state index contributed by atoms with van der Waals surface area (Å²) < 4.78 is 10.8. The van der Waals surface area contributed by atoms with Crippen molar-refractivity contribution in [3.05, 3.63) is 53.6 Å². The fourth-order valence-corrected chi connectivity index (χ4v) is 3.75. The molecule has 2 aromatic rings. The molecule has 1 unspecified atom stereocenters. The Morgan fingerprint density at radius 2 is 1.81 bits per heavy atom. The van der Waals surface area contributed by atoms with Gasteiger partial charge in [-0.25, -0.2) is 9.59 Å². The first-order valence-corrected chi connectivity index (χ1v) is 10.4. The molecule has 1 aliphatic carbocycles. The second-order valence-corrected chi connectivity index (χ2v) is 8.64. The van der Waals surface area contributed by atoms with Crippen molar-refractivity contribution in [3.63, 3.8) is 0 Å². The molecule has 1 aliphatic heterocycles. The summed E-state index contributed by atoms with van der Waals surface area (Å²) in [5.74, 6) is -1.12. The van der Waals surface area contributed by atoms with Gasteiger partial charge in [-0.3, -0.25) is 9.69 Å². The van der Waals surface area contributed by atoms with E-state index in [-0.39, 0.29) is 24.1 Å². The van der Waals surface area contributed by atoms with E-state index in [2.05, 4.69) is 0 Å². The average Bonchev–Trinajstić information content (AvgIpc) is 3.41. The quantitative estimate of drug-likeness (QED) is 0.714. The first-order valence-electron chi connectivity index (χ1n) is 10.4. The summed E-state index contributed by atoms with van der Waals surface area (Å²) in [4.78, 5) is 38.7. The van der Waals surface area contributed by atoms with Crippen LogP contribution in [-0.2, 0) is 14.3 Å². The third kappa shape index (κ3) is 4.00. The zero-order chi connectivity index (χ0) is 22.3. The maximum Gasteiger partial charge on any atom is 0.414 e. The number of cyclic esters (lactones) is 1. The van der Waals surface area contributed by atoms with Crippen LogP contribution in [0.15, 0.2) is 42.5 Å². The number of anilines is 1. The number of rotatable bonds is 6. The van der Waals surface area contributed by atoms with E-state index in [1.165, 1.54) is 0 Å². The van der Waals surface area contributed by atoms with Crippen molar-refractivity contribution in [1.82, 2.24) is 0 Å². The molecule has 162 valence electrons. The summed E-state index contributed by atoms with van der Waals surface area (Å²) in [5, 5.41) is 0. The van der Waals surface area contributed by atoms with Gasteiger partial charge in [-0.05, 0) is 42.2 Å². The number of primary amides is 1. The molecule has 31 heavy (non-hydrogen) atoms. The topological polar surface area (TPSA) is 98.9 Å². The predicted octanol–water partition coefficient (Wildman–Crippen LogP) is 3.82. The first-order chi connectivity index (χ1) is 14.7. The Hall–Kier alpha value is -3.35. The molecule has 0 radical (unpaired) electrons. The van der Waals surface area contributed by atoms with Crippen LogP contribution in [0.25, 0.3) is 11.1 Å². The Balaban J connectivity index is 1.77. The highest BCUT2D eigenvalue weighted by molar-refractivity contribution is 5.99. The van der Waals surface area contributed by atoms with Crippen molar-refractivity contribution in [3.8, 4) is 11.1 Å². The standard InChI is InChI=1S/C24H26N2O5/c1-14(2)20-13-30-23(29)26(20)19-11-17(16-6-4-15(3)5-7-16)10-18(12-19)21(27)31-24(8-9-24)22(25)28/h4-7,10-12,14,20H,8-9,13H2,1-3H3,(H2,25,28). The van der Waals surface area contributed by atoms with Gasteiger partial charge in [-0.2, -0.15) is 0 Å². The molecule has 1 saturated carbocycles. The van der Waals surface area contributed by atoms with E-state index < -0.39 is 23.6 Å². The number of aryl methyl sites for hydroxylation is 1. The summed E-state index contributed by atoms with van der Waals surface area (Å²) in [5.41, 5.74) is 7.76. The van der Waals surface area contributed by atoms with Crippen LogP contribution in [0.5, 0.6) is 0 Å². The van der Waals surface area contributed by atoms with Gasteiger partial charge in [0.05, 0.1) is 11.6 Å². The summed E-state index contributed by atoms with van der Waals surface area (Å²) in [6.45, 7) is 6.32. The average molecular weight is 422 g/mol. The molecule has 4 rings (SSSR count). The predicted molar refractivity (Wildman–Crippen MR) is 116 cm³/mol. The van der Waals surface area contributed by atoms with Gasteiger partial charge in [0.25, 0.3) is 5.91 Å². The largest absolute Gasteiger partial charge is 0.447 e. The number of nitrogens with two attached hydrogens (primary N) is 1. The van der Waals surface area contributed by atoms with E-state index in [0.717, 1.165) is 16.7 Å². The van der Waals surface area contributed by atoms with E-state index in [0.29, 0.717) is 18.5 Å². The van der Waals surface area contributed by atoms with E-state index in [4.69, 9.17) is 15.2 Å². The number of ether oxygens (including phenoxy) is 2. The molecule has 2 aromatic carbocycles. The van der Waals surface area contributed by atoms with Gasteiger partial charge in [0.1, 0.15) is 6.61 Å². The molecule has 0 spiro atoms. The lowest BCUT2D eigenvalue weighted by Crippen LogP contribution is -2.37. The van der Waals surface area contributed by atoms with Gasteiger partial charge in [-0.15, -0.1) is 0 Å². The van der Waals surface area contributed by atoms with Crippen LogP contribution in [0.2, 0.25) is 0 Å². The molecule has 0 bridgehead atoms. The lowest BCUT2D eigenvalue weighted by atomic mass is 9.99. The van der Waals surface area contributed by atoms with Crippen molar-refractivity contribution in [2.45, 2.75) is 45.3 Å². The van der Waals surface area contributed by atoms with Gasteiger partial charge < -0.3 is 15.2 Å². The number of benzene rings is 2. The number of carbonyl (C=O) groups excluding carboxylic acids is 3. The summed E-state index contributed by atoms with van der Waals surface area (Å²) in [7, 11) is 0. The molecule has 1 atom stereocenters. The van der Waals surface area contributed by atoms with Crippen molar-refractivity contribution >= 4 is 23.7 Å². The van der Waals surface area contributed by atoms with Crippen LogP contribution in [0, 0.1) is 12.8 Å². The Bertz CT molecular complexity index is 1040. The van der Waals surface area contributed by atoms with Gasteiger partial charge in [0.2, 0.25) is 0 Å². The first kappa shape index (κ1) is 20.9. The number of nitrogens with zero attached hydrogens (tertiary/aromatic N) is 1. The lowest BCUT2D eigenvalue weighted by molar-refractivity contribution is -0.128. The Morgan fingerprint density at radius 1 is 1.13 bits per heavy atom. The molecule has 1 heterocycles. The lowest BCUT2D eigenvalue weighted by Gasteiger charge is -2.25. The van der Waals surface area contributed by atoms with Crippen LogP contribution in [0.1, 0.15) is 42.6 Å². The molecule has 2 amide bonds. The highest BCUT2D eigenvalue weighted by atomic mass is 16.6. The zero-order valence-corrected chi connectivity index (χ0v) is 17.9. The third-order valence-corrected chi connectivity index (χ3v) is 5.93. The van der Waals surface area contributed by atoms with Gasteiger partial charge in [-0.1, -0.05) is 43.7 Å². The van der Waals surface area contributed by atoms with E-state index >= 15 is 0 Å². The molecule has 2 N–H and O–H groups in total. The van der Waals surface area contributed by atoms with E-state index in [1.807, 2.05) is 51.1 Å².